The number of hydrogen-bond donors (Lipinski definition) is 0. The van der Waals surface area contributed by atoms with Crippen LogP contribution in [0.1, 0.15) is 51.9 Å². The van der Waals surface area contributed by atoms with Gasteiger partial charge in [-0.25, -0.2) is 4.68 Å². The Kier molecular flexibility index (Phi) is 5.46. The molecule has 1 amide bonds. The van der Waals surface area contributed by atoms with Gasteiger partial charge in [0.25, 0.3) is 0 Å². The minimum atomic E-state index is 0.156. The van der Waals surface area contributed by atoms with Gasteiger partial charge in [0, 0.05) is 39.6 Å². The van der Waals surface area contributed by atoms with Gasteiger partial charge in [0.15, 0.2) is 0 Å². The van der Waals surface area contributed by atoms with Crippen LogP contribution in [0.2, 0.25) is 0 Å². The predicted molar refractivity (Wildman–Crippen MR) is 88.1 cm³/mol. The van der Waals surface area contributed by atoms with Crippen LogP contribution in [0.25, 0.3) is 0 Å². The fraction of sp³-hybridized carbons (Fsp3) is 0.875. The van der Waals surface area contributed by atoms with Gasteiger partial charge in [0.05, 0.1) is 0 Å². The van der Waals surface area contributed by atoms with Gasteiger partial charge in [-0.05, 0) is 35.6 Å². The number of aromatic nitrogens is 4. The second-order valence-electron chi connectivity index (χ2n) is 6.84. The van der Waals surface area contributed by atoms with Gasteiger partial charge >= 0.3 is 0 Å². The molecule has 1 aromatic rings. The van der Waals surface area contributed by atoms with Crippen LogP contribution in [0.5, 0.6) is 0 Å². The molecule has 3 rings (SSSR count). The van der Waals surface area contributed by atoms with E-state index < -0.39 is 0 Å². The number of rotatable bonds is 5. The first kappa shape index (κ1) is 16.2. The fourth-order valence-electron chi connectivity index (χ4n) is 3.83. The summed E-state index contributed by atoms with van der Waals surface area (Å²) in [5, 5.41) is 12.3. The van der Waals surface area contributed by atoms with E-state index in [1.165, 1.54) is 32.1 Å². The number of aryl methyl sites for hydroxylation is 1. The Morgan fingerprint density at radius 3 is 2.74 bits per heavy atom. The lowest BCUT2D eigenvalue weighted by atomic mass is 10.0. The molecule has 1 saturated heterocycles. The van der Waals surface area contributed by atoms with Crippen molar-refractivity contribution in [1.82, 2.24) is 25.1 Å². The fourth-order valence-corrected chi connectivity index (χ4v) is 3.83. The number of nitrogens with zero attached hydrogens (tertiary/aromatic N) is 6. The van der Waals surface area contributed by atoms with Crippen molar-refractivity contribution in [2.45, 2.75) is 58.4 Å². The Balaban J connectivity index is 1.53. The van der Waals surface area contributed by atoms with Gasteiger partial charge in [0.2, 0.25) is 11.9 Å². The Morgan fingerprint density at radius 1 is 1.13 bits per heavy atom. The summed E-state index contributed by atoms with van der Waals surface area (Å²) in [6.07, 6.45) is 9.01. The van der Waals surface area contributed by atoms with Crippen molar-refractivity contribution in [2.75, 3.05) is 31.1 Å². The smallest absolute Gasteiger partial charge is 0.245 e. The van der Waals surface area contributed by atoms with Crippen LogP contribution in [-0.4, -0.2) is 57.2 Å². The molecule has 0 aromatic carbocycles. The summed E-state index contributed by atoms with van der Waals surface area (Å²) in [5.74, 6) is 1.93. The Labute approximate surface area is 138 Å². The summed E-state index contributed by atoms with van der Waals surface area (Å²) in [5.41, 5.74) is 0. The molecule has 2 fully saturated rings. The number of tetrazole rings is 1. The molecule has 0 N–H and O–H groups in total. The summed E-state index contributed by atoms with van der Waals surface area (Å²) in [7, 11) is 0. The van der Waals surface area contributed by atoms with Crippen LogP contribution in [0.4, 0.5) is 5.95 Å². The van der Waals surface area contributed by atoms with Crippen LogP contribution in [0.3, 0.4) is 0 Å². The average molecular weight is 320 g/mol. The molecule has 7 nitrogen and oxygen atoms in total. The molecular weight excluding hydrogens is 292 g/mol. The van der Waals surface area contributed by atoms with Crippen molar-refractivity contribution in [3.63, 3.8) is 0 Å². The van der Waals surface area contributed by atoms with Gasteiger partial charge in [-0.2, -0.15) is 0 Å². The maximum Gasteiger partial charge on any atom is 0.245 e. The van der Waals surface area contributed by atoms with E-state index in [9.17, 15) is 4.79 Å². The molecule has 0 atom stereocenters. The number of amides is 1. The van der Waals surface area contributed by atoms with E-state index in [1.807, 2.05) is 9.58 Å². The molecule has 0 bridgehead atoms. The van der Waals surface area contributed by atoms with Gasteiger partial charge in [-0.15, -0.1) is 0 Å². The van der Waals surface area contributed by atoms with E-state index in [-0.39, 0.29) is 5.91 Å². The van der Waals surface area contributed by atoms with Gasteiger partial charge in [-0.3, -0.25) is 4.79 Å². The monoisotopic (exact) mass is 320 g/mol. The van der Waals surface area contributed by atoms with E-state index in [0.29, 0.717) is 0 Å². The number of carbonyl (C=O) groups excluding carboxylic acids is 1. The first-order valence-electron chi connectivity index (χ1n) is 9.00. The van der Waals surface area contributed by atoms with Crippen LogP contribution in [0, 0.1) is 5.92 Å². The molecule has 2 heterocycles. The number of hydrogen-bond acceptors (Lipinski definition) is 5. The van der Waals surface area contributed by atoms with E-state index in [4.69, 9.17) is 0 Å². The van der Waals surface area contributed by atoms with Gasteiger partial charge in [-0.1, -0.05) is 30.8 Å². The maximum atomic E-state index is 11.5. The van der Waals surface area contributed by atoms with Crippen molar-refractivity contribution < 1.29 is 4.79 Å². The summed E-state index contributed by atoms with van der Waals surface area (Å²) in [6, 6.07) is 0. The van der Waals surface area contributed by atoms with Crippen LogP contribution < -0.4 is 4.90 Å². The molecule has 0 radical (unpaired) electrons. The van der Waals surface area contributed by atoms with Crippen molar-refractivity contribution in [3.05, 3.63) is 0 Å². The summed E-state index contributed by atoms with van der Waals surface area (Å²) in [6.45, 7) is 5.84. The van der Waals surface area contributed by atoms with E-state index >= 15 is 0 Å². The highest BCUT2D eigenvalue weighted by molar-refractivity contribution is 5.73. The molecule has 1 aliphatic heterocycles. The standard InChI is InChI=1S/C16H28N6O/c1-14(23)20-9-5-10-21(13-12-20)16-17-18-19-22(16)11-4-8-15-6-2-3-7-15/h15H,2-13H2,1H3. The first-order valence-corrected chi connectivity index (χ1v) is 9.00. The third-order valence-electron chi connectivity index (χ3n) is 5.19. The summed E-state index contributed by atoms with van der Waals surface area (Å²) >= 11 is 0. The Hall–Kier alpha value is -1.66. The second kappa shape index (κ2) is 7.75. The zero-order valence-electron chi connectivity index (χ0n) is 14.2. The van der Waals surface area contributed by atoms with Crippen molar-refractivity contribution in [1.29, 1.82) is 0 Å². The van der Waals surface area contributed by atoms with Gasteiger partial charge in [0.1, 0.15) is 0 Å². The SMILES string of the molecule is CC(=O)N1CCCN(c2nnnn2CCCC2CCCC2)CC1. The topological polar surface area (TPSA) is 67.2 Å². The molecule has 128 valence electrons. The normalized spacial score (nSPS) is 20.0. The molecule has 1 saturated carbocycles. The van der Waals surface area contributed by atoms with Crippen molar-refractivity contribution in [3.8, 4) is 0 Å². The van der Waals surface area contributed by atoms with E-state index in [1.54, 1.807) is 6.92 Å². The Bertz CT molecular complexity index is 510. The molecule has 23 heavy (non-hydrogen) atoms. The predicted octanol–water partition coefficient (Wildman–Crippen LogP) is 1.70. The van der Waals surface area contributed by atoms with Crippen LogP contribution in [-0.2, 0) is 11.3 Å². The molecule has 0 unspecified atom stereocenters. The zero-order chi connectivity index (χ0) is 16.1. The van der Waals surface area contributed by atoms with Gasteiger partial charge < -0.3 is 9.80 Å². The first-order chi connectivity index (χ1) is 11.2. The largest absolute Gasteiger partial charge is 0.341 e. The van der Waals surface area contributed by atoms with Crippen molar-refractivity contribution in [2.24, 2.45) is 5.92 Å². The molecule has 2 aliphatic rings. The zero-order valence-corrected chi connectivity index (χ0v) is 14.2. The van der Waals surface area contributed by atoms with E-state index in [2.05, 4.69) is 20.4 Å². The third kappa shape index (κ3) is 4.20. The lowest BCUT2D eigenvalue weighted by Gasteiger charge is -2.21. The lowest BCUT2D eigenvalue weighted by Crippen LogP contribution is -2.34. The third-order valence-corrected chi connectivity index (χ3v) is 5.19. The van der Waals surface area contributed by atoms with Crippen LogP contribution >= 0.6 is 0 Å². The molecule has 1 aliphatic carbocycles. The molecule has 7 heteroatoms. The quantitative estimate of drug-likeness (QED) is 0.826. The lowest BCUT2D eigenvalue weighted by molar-refractivity contribution is -0.128. The van der Waals surface area contributed by atoms with Crippen molar-refractivity contribution >= 4 is 11.9 Å². The average Bonchev–Trinajstić information content (AvgIpc) is 3.15. The minimum Gasteiger partial charge on any atom is -0.341 e. The summed E-state index contributed by atoms with van der Waals surface area (Å²) in [4.78, 5) is 15.7. The molecule has 1 aromatic heterocycles. The number of carbonyl (C=O) groups is 1. The highest BCUT2D eigenvalue weighted by Crippen LogP contribution is 2.28. The number of anilines is 1. The maximum absolute atomic E-state index is 11.5. The highest BCUT2D eigenvalue weighted by atomic mass is 16.2. The second-order valence-corrected chi connectivity index (χ2v) is 6.84. The molecular formula is C16H28N6O. The molecule has 0 spiro atoms. The van der Waals surface area contributed by atoms with E-state index in [0.717, 1.165) is 57.4 Å². The Morgan fingerprint density at radius 2 is 1.96 bits per heavy atom. The summed E-state index contributed by atoms with van der Waals surface area (Å²) < 4.78 is 1.94. The highest BCUT2D eigenvalue weighted by Gasteiger charge is 2.21. The van der Waals surface area contributed by atoms with Crippen LogP contribution in [0.15, 0.2) is 0 Å². The minimum absolute atomic E-state index is 0.156.